The second-order valence-electron chi connectivity index (χ2n) is 6.03. The third-order valence-corrected chi connectivity index (χ3v) is 5.60. The molecule has 0 aliphatic carbocycles. The summed E-state index contributed by atoms with van der Waals surface area (Å²) in [6.07, 6.45) is 0.337. The van der Waals surface area contributed by atoms with Gasteiger partial charge in [-0.25, -0.2) is 9.59 Å². The van der Waals surface area contributed by atoms with Crippen LogP contribution in [0.2, 0.25) is 0 Å². The molecule has 1 unspecified atom stereocenters. The topological polar surface area (TPSA) is 173 Å². The standard InChI is InChI=1S/C16H18N4O8S/c1-26-19-9(8-3-2-4-27-8)12(21)18-10-13(22)20-11(15(23)24)7(5-28-16(17)25)6-29-14(10)20/h2-4,9-10,14,19H,5-6H2,1H3,(H2,17,25)(H,18,21)(H,23,24)/t9?,10-,14-/m1/s1. The van der Waals surface area contributed by atoms with E-state index < -0.39 is 41.3 Å². The minimum Gasteiger partial charge on any atom is -0.477 e. The number of nitrogens with one attached hydrogen (secondary N) is 2. The van der Waals surface area contributed by atoms with Crippen LogP contribution in [-0.2, 0) is 24.0 Å². The molecule has 3 heterocycles. The van der Waals surface area contributed by atoms with Crippen molar-refractivity contribution < 1.29 is 38.3 Å². The largest absolute Gasteiger partial charge is 0.477 e. The van der Waals surface area contributed by atoms with Crippen molar-refractivity contribution in [2.45, 2.75) is 17.5 Å². The van der Waals surface area contributed by atoms with Crippen LogP contribution in [0.15, 0.2) is 34.1 Å². The van der Waals surface area contributed by atoms with Crippen LogP contribution in [0.1, 0.15) is 11.8 Å². The van der Waals surface area contributed by atoms with E-state index in [0.29, 0.717) is 0 Å². The van der Waals surface area contributed by atoms with E-state index in [1.165, 1.54) is 25.1 Å². The Kier molecular flexibility index (Phi) is 6.10. The molecule has 12 nitrogen and oxygen atoms in total. The third-order valence-electron chi connectivity index (χ3n) is 4.26. The molecule has 3 rings (SSSR count). The number of furan rings is 1. The summed E-state index contributed by atoms with van der Waals surface area (Å²) in [6.45, 7) is -0.337. The molecule has 1 fully saturated rings. The molecule has 0 radical (unpaired) electrons. The number of carbonyl (C=O) groups excluding carboxylic acids is 3. The van der Waals surface area contributed by atoms with Crippen molar-refractivity contribution in [3.8, 4) is 0 Å². The summed E-state index contributed by atoms with van der Waals surface area (Å²) in [6, 6.07) is 1.23. The maximum atomic E-state index is 12.6. The van der Waals surface area contributed by atoms with Crippen molar-refractivity contribution in [2.75, 3.05) is 19.5 Å². The summed E-state index contributed by atoms with van der Waals surface area (Å²) in [4.78, 5) is 53.6. The summed E-state index contributed by atoms with van der Waals surface area (Å²) in [5.41, 5.74) is 7.37. The number of aliphatic carboxylic acids is 1. The van der Waals surface area contributed by atoms with Gasteiger partial charge in [-0.15, -0.1) is 11.8 Å². The normalized spacial score (nSPS) is 21.8. The summed E-state index contributed by atoms with van der Waals surface area (Å²) >= 11 is 1.23. The zero-order valence-corrected chi connectivity index (χ0v) is 15.9. The zero-order chi connectivity index (χ0) is 21.1. The quantitative estimate of drug-likeness (QED) is 0.307. The molecule has 13 heteroatoms. The van der Waals surface area contributed by atoms with Crippen LogP contribution in [0.5, 0.6) is 0 Å². The predicted octanol–water partition coefficient (Wildman–Crippen LogP) is -0.694. The van der Waals surface area contributed by atoms with Gasteiger partial charge >= 0.3 is 12.1 Å². The Morgan fingerprint density at radius 2 is 2.24 bits per heavy atom. The van der Waals surface area contributed by atoms with Crippen LogP contribution in [0.25, 0.3) is 0 Å². The monoisotopic (exact) mass is 426 g/mol. The molecule has 0 aromatic carbocycles. The van der Waals surface area contributed by atoms with E-state index in [1.807, 2.05) is 0 Å². The number of hydrogen-bond acceptors (Lipinski definition) is 9. The van der Waals surface area contributed by atoms with Crippen LogP contribution in [0.3, 0.4) is 0 Å². The lowest BCUT2D eigenvalue weighted by molar-refractivity contribution is -0.151. The van der Waals surface area contributed by atoms with Crippen LogP contribution >= 0.6 is 11.8 Å². The molecule has 0 saturated carbocycles. The molecule has 0 spiro atoms. The van der Waals surface area contributed by atoms with E-state index in [2.05, 4.69) is 15.5 Å². The molecule has 1 aromatic heterocycles. The van der Waals surface area contributed by atoms with Gasteiger partial charge in [0.25, 0.3) is 5.91 Å². The van der Waals surface area contributed by atoms with Crippen molar-refractivity contribution in [3.05, 3.63) is 35.4 Å². The van der Waals surface area contributed by atoms with Crippen molar-refractivity contribution in [1.82, 2.24) is 15.7 Å². The number of nitrogens with two attached hydrogens (primary N) is 1. The van der Waals surface area contributed by atoms with Crippen molar-refractivity contribution >= 4 is 35.6 Å². The van der Waals surface area contributed by atoms with E-state index in [1.54, 1.807) is 12.1 Å². The average molecular weight is 426 g/mol. The Morgan fingerprint density at radius 3 is 2.83 bits per heavy atom. The maximum absolute atomic E-state index is 12.6. The number of β-lactam (4-membered cyclic amide) rings is 1. The summed E-state index contributed by atoms with van der Waals surface area (Å²) < 4.78 is 9.86. The number of carbonyl (C=O) groups is 4. The molecular formula is C16H18N4O8S. The number of hydroxylamine groups is 1. The second-order valence-corrected chi connectivity index (χ2v) is 7.14. The van der Waals surface area contributed by atoms with Gasteiger partial charge < -0.3 is 30.1 Å². The molecule has 1 aromatic rings. The average Bonchev–Trinajstić information content (AvgIpc) is 3.21. The Labute approximate surface area is 168 Å². The lowest BCUT2D eigenvalue weighted by atomic mass is 10.0. The SMILES string of the molecule is CONC(C(=O)N[C@@H]1C(=O)N2C(C(=O)O)=C(COC(N)=O)CS[C@H]12)c1ccco1. The molecule has 5 N–H and O–H groups in total. The van der Waals surface area contributed by atoms with Crippen molar-refractivity contribution in [1.29, 1.82) is 0 Å². The van der Waals surface area contributed by atoms with Crippen LogP contribution in [-0.4, -0.2) is 64.8 Å². The van der Waals surface area contributed by atoms with Gasteiger partial charge in [0.1, 0.15) is 29.5 Å². The third kappa shape index (κ3) is 4.06. The molecule has 29 heavy (non-hydrogen) atoms. The lowest BCUT2D eigenvalue weighted by Crippen LogP contribution is -2.71. The lowest BCUT2D eigenvalue weighted by Gasteiger charge is -2.49. The number of carboxylic acids is 1. The Morgan fingerprint density at radius 1 is 1.48 bits per heavy atom. The second kappa shape index (κ2) is 8.55. The number of carboxylic acid groups (broad SMARTS) is 1. The number of hydrogen-bond donors (Lipinski definition) is 4. The molecule has 2 aliphatic heterocycles. The number of primary amides is 1. The van der Waals surface area contributed by atoms with E-state index in [4.69, 9.17) is 15.0 Å². The summed E-state index contributed by atoms with van der Waals surface area (Å²) in [7, 11) is 1.33. The first-order valence-electron chi connectivity index (χ1n) is 8.29. The van der Waals surface area contributed by atoms with Gasteiger partial charge in [0.05, 0.1) is 13.4 Å². The number of ether oxygens (including phenoxy) is 1. The van der Waals surface area contributed by atoms with Crippen molar-refractivity contribution in [3.63, 3.8) is 0 Å². The van der Waals surface area contributed by atoms with E-state index in [-0.39, 0.29) is 29.4 Å². The summed E-state index contributed by atoms with van der Waals surface area (Å²) in [5.74, 6) is -2.05. The minimum atomic E-state index is -1.34. The number of fused-ring (bicyclic) bond motifs is 1. The predicted molar refractivity (Wildman–Crippen MR) is 96.8 cm³/mol. The van der Waals surface area contributed by atoms with Gasteiger partial charge in [0.15, 0.2) is 6.04 Å². The van der Waals surface area contributed by atoms with E-state index >= 15 is 0 Å². The number of nitrogens with zero attached hydrogens (tertiary/aromatic N) is 1. The summed E-state index contributed by atoms with van der Waals surface area (Å²) in [5, 5.41) is 11.5. The fourth-order valence-corrected chi connectivity index (χ4v) is 4.33. The fraction of sp³-hybridized carbons (Fsp3) is 0.375. The molecule has 156 valence electrons. The number of rotatable bonds is 8. The van der Waals surface area contributed by atoms with Gasteiger partial charge in [-0.3, -0.25) is 14.5 Å². The Hall–Kier alpha value is -3.03. The molecule has 2 aliphatic rings. The Bertz CT molecular complexity index is 855. The van der Waals surface area contributed by atoms with Crippen molar-refractivity contribution in [2.24, 2.45) is 5.73 Å². The van der Waals surface area contributed by atoms with E-state index in [0.717, 1.165) is 4.90 Å². The number of amides is 3. The number of thioether (sulfide) groups is 1. The van der Waals surface area contributed by atoms with Crippen LogP contribution < -0.4 is 16.5 Å². The van der Waals surface area contributed by atoms with Gasteiger partial charge in [0.2, 0.25) is 5.91 Å². The highest BCUT2D eigenvalue weighted by Gasteiger charge is 2.54. The van der Waals surface area contributed by atoms with Gasteiger partial charge in [0, 0.05) is 11.3 Å². The van der Waals surface area contributed by atoms with Crippen LogP contribution in [0, 0.1) is 0 Å². The highest BCUT2D eigenvalue weighted by Crippen LogP contribution is 2.40. The van der Waals surface area contributed by atoms with E-state index in [9.17, 15) is 24.3 Å². The zero-order valence-electron chi connectivity index (χ0n) is 15.1. The van der Waals surface area contributed by atoms with Crippen LogP contribution in [0.4, 0.5) is 4.79 Å². The molecule has 3 atom stereocenters. The first-order valence-corrected chi connectivity index (χ1v) is 9.34. The molecule has 3 amide bonds. The minimum absolute atomic E-state index is 0.188. The Balaban J connectivity index is 1.74. The highest BCUT2D eigenvalue weighted by molar-refractivity contribution is 8.00. The first kappa shape index (κ1) is 20.7. The fourth-order valence-electron chi connectivity index (χ4n) is 3.00. The molecule has 0 bridgehead atoms. The first-order chi connectivity index (χ1) is 13.8. The maximum Gasteiger partial charge on any atom is 0.404 e. The smallest absolute Gasteiger partial charge is 0.404 e. The van der Waals surface area contributed by atoms with Gasteiger partial charge in [-0.1, -0.05) is 0 Å². The van der Waals surface area contributed by atoms with Gasteiger partial charge in [-0.05, 0) is 12.1 Å². The molecule has 1 saturated heterocycles. The molecular weight excluding hydrogens is 408 g/mol. The highest BCUT2D eigenvalue weighted by atomic mass is 32.2. The van der Waals surface area contributed by atoms with Gasteiger partial charge in [-0.2, -0.15) is 5.48 Å².